The molecule has 0 aliphatic carbocycles. The van der Waals surface area contributed by atoms with Crippen molar-refractivity contribution in [2.45, 2.75) is 13.8 Å². The quantitative estimate of drug-likeness (QED) is 0.833. The Morgan fingerprint density at radius 2 is 1.89 bits per heavy atom. The summed E-state index contributed by atoms with van der Waals surface area (Å²) >= 11 is 0. The molecule has 2 rings (SSSR count). The molecule has 0 atom stereocenters. The van der Waals surface area contributed by atoms with E-state index in [1.165, 1.54) is 12.1 Å². The normalized spacial score (nSPS) is 10.0. The molecular formula is C15H13FN2O. The van der Waals surface area contributed by atoms with Crippen LogP contribution in [-0.2, 0) is 0 Å². The molecule has 0 radical (unpaired) electrons. The summed E-state index contributed by atoms with van der Waals surface area (Å²) in [6.45, 7) is 3.64. The zero-order valence-electron chi connectivity index (χ0n) is 10.7. The minimum absolute atomic E-state index is 0.0621. The molecule has 0 spiro atoms. The van der Waals surface area contributed by atoms with E-state index in [2.05, 4.69) is 0 Å². The van der Waals surface area contributed by atoms with Crippen LogP contribution < -0.4 is 10.5 Å². The molecule has 0 fully saturated rings. The first-order chi connectivity index (χ1) is 9.01. The molecular weight excluding hydrogens is 243 g/mol. The van der Waals surface area contributed by atoms with Crippen molar-refractivity contribution in [2.75, 3.05) is 5.73 Å². The van der Waals surface area contributed by atoms with Gasteiger partial charge in [-0.3, -0.25) is 0 Å². The summed E-state index contributed by atoms with van der Waals surface area (Å²) in [5.41, 5.74) is 8.02. The highest BCUT2D eigenvalue weighted by molar-refractivity contribution is 5.53. The zero-order chi connectivity index (χ0) is 14.0. The number of anilines is 1. The lowest BCUT2D eigenvalue weighted by molar-refractivity contribution is 0.441. The van der Waals surface area contributed by atoms with Gasteiger partial charge in [-0.15, -0.1) is 0 Å². The maximum Gasteiger partial charge on any atom is 0.167 e. The van der Waals surface area contributed by atoms with E-state index in [1.54, 1.807) is 25.1 Å². The molecule has 3 nitrogen and oxygen atoms in total. The number of benzene rings is 2. The molecule has 0 aliphatic rings. The third-order valence-corrected chi connectivity index (χ3v) is 2.80. The van der Waals surface area contributed by atoms with Crippen LogP contribution in [0.3, 0.4) is 0 Å². The van der Waals surface area contributed by atoms with Crippen molar-refractivity contribution >= 4 is 5.69 Å². The predicted molar refractivity (Wildman–Crippen MR) is 71.5 cm³/mol. The molecule has 0 saturated heterocycles. The van der Waals surface area contributed by atoms with Gasteiger partial charge in [-0.05, 0) is 43.2 Å². The molecule has 2 aromatic rings. The van der Waals surface area contributed by atoms with Gasteiger partial charge in [-0.2, -0.15) is 5.26 Å². The lowest BCUT2D eigenvalue weighted by Gasteiger charge is -2.10. The predicted octanol–water partition coefficient (Wildman–Crippen LogP) is 3.69. The molecule has 2 N–H and O–H groups in total. The van der Waals surface area contributed by atoms with E-state index >= 15 is 0 Å². The lowest BCUT2D eigenvalue weighted by Crippen LogP contribution is -1.96. The maximum atomic E-state index is 13.7. The number of rotatable bonds is 2. The number of nitrogen functional groups attached to an aromatic ring is 1. The Bertz CT molecular complexity index is 675. The monoisotopic (exact) mass is 256 g/mol. The molecule has 2 aromatic carbocycles. The Morgan fingerprint density at radius 3 is 2.58 bits per heavy atom. The van der Waals surface area contributed by atoms with Crippen LogP contribution in [0.15, 0.2) is 30.3 Å². The van der Waals surface area contributed by atoms with Crippen LogP contribution in [-0.4, -0.2) is 0 Å². The van der Waals surface area contributed by atoms with Gasteiger partial charge in [-0.25, -0.2) is 4.39 Å². The van der Waals surface area contributed by atoms with E-state index in [0.29, 0.717) is 17.0 Å². The second-order valence-corrected chi connectivity index (χ2v) is 4.35. The first-order valence-electron chi connectivity index (χ1n) is 5.75. The average Bonchev–Trinajstić information content (AvgIpc) is 2.37. The second-order valence-electron chi connectivity index (χ2n) is 4.35. The van der Waals surface area contributed by atoms with Crippen molar-refractivity contribution in [1.29, 1.82) is 5.26 Å². The summed E-state index contributed by atoms with van der Waals surface area (Å²) in [5, 5.41) is 9.05. The first-order valence-corrected chi connectivity index (χ1v) is 5.75. The van der Waals surface area contributed by atoms with Crippen LogP contribution in [0.25, 0.3) is 0 Å². The fourth-order valence-electron chi connectivity index (χ4n) is 1.69. The van der Waals surface area contributed by atoms with Gasteiger partial charge in [0.05, 0.1) is 5.56 Å². The Morgan fingerprint density at radius 1 is 1.16 bits per heavy atom. The van der Waals surface area contributed by atoms with Crippen molar-refractivity contribution in [2.24, 2.45) is 0 Å². The summed E-state index contributed by atoms with van der Waals surface area (Å²) in [6.07, 6.45) is 0. The smallest absolute Gasteiger partial charge is 0.167 e. The number of halogens is 1. The Hall–Kier alpha value is -2.54. The van der Waals surface area contributed by atoms with Gasteiger partial charge >= 0.3 is 0 Å². The number of hydrogen-bond acceptors (Lipinski definition) is 3. The Labute approximate surface area is 111 Å². The highest BCUT2D eigenvalue weighted by atomic mass is 19.1. The summed E-state index contributed by atoms with van der Waals surface area (Å²) < 4.78 is 19.2. The van der Waals surface area contributed by atoms with Crippen molar-refractivity contribution in [3.05, 3.63) is 52.8 Å². The number of aryl methyl sites for hydroxylation is 2. The van der Waals surface area contributed by atoms with Gasteiger partial charge in [0.2, 0.25) is 0 Å². The number of nitrogens with two attached hydrogens (primary N) is 1. The topological polar surface area (TPSA) is 59.0 Å². The summed E-state index contributed by atoms with van der Waals surface area (Å²) in [7, 11) is 0. The average molecular weight is 256 g/mol. The van der Waals surface area contributed by atoms with Crippen molar-refractivity contribution in [3.63, 3.8) is 0 Å². The molecule has 4 heteroatoms. The molecule has 0 bridgehead atoms. The van der Waals surface area contributed by atoms with E-state index in [9.17, 15) is 4.39 Å². The van der Waals surface area contributed by atoms with Crippen LogP contribution in [0.1, 0.15) is 16.7 Å². The SMILES string of the molecule is Cc1ccc(Oc2cc(C)c(N)cc2F)c(C#N)c1. The fourth-order valence-corrected chi connectivity index (χ4v) is 1.69. The minimum atomic E-state index is -0.549. The summed E-state index contributed by atoms with van der Waals surface area (Å²) in [5.74, 6) is -0.157. The first kappa shape index (κ1) is 12.9. The zero-order valence-corrected chi connectivity index (χ0v) is 10.7. The third kappa shape index (κ3) is 2.66. The number of nitrogens with zero attached hydrogens (tertiary/aromatic N) is 1. The Balaban J connectivity index is 2.42. The van der Waals surface area contributed by atoms with Gasteiger partial charge in [0.1, 0.15) is 11.8 Å². The molecule has 0 aromatic heterocycles. The standard InChI is InChI=1S/C15H13FN2O/c1-9-3-4-14(11(5-9)8-17)19-15-6-10(2)13(18)7-12(15)16/h3-7H,18H2,1-2H3. The molecule has 0 heterocycles. The molecule has 96 valence electrons. The van der Waals surface area contributed by atoms with Gasteiger partial charge in [0, 0.05) is 11.8 Å². The van der Waals surface area contributed by atoms with E-state index in [-0.39, 0.29) is 5.75 Å². The van der Waals surface area contributed by atoms with Crippen LogP contribution in [0.2, 0.25) is 0 Å². The molecule has 0 amide bonds. The number of hydrogen-bond donors (Lipinski definition) is 1. The Kier molecular flexibility index (Phi) is 3.39. The third-order valence-electron chi connectivity index (χ3n) is 2.80. The van der Waals surface area contributed by atoms with Crippen LogP contribution >= 0.6 is 0 Å². The van der Waals surface area contributed by atoms with Crippen molar-refractivity contribution in [1.82, 2.24) is 0 Å². The van der Waals surface area contributed by atoms with Gasteiger partial charge in [0.25, 0.3) is 0 Å². The van der Waals surface area contributed by atoms with Crippen LogP contribution in [0.4, 0.5) is 10.1 Å². The molecule has 0 aliphatic heterocycles. The van der Waals surface area contributed by atoms with Crippen LogP contribution in [0, 0.1) is 31.0 Å². The van der Waals surface area contributed by atoms with Gasteiger partial charge < -0.3 is 10.5 Å². The lowest BCUT2D eigenvalue weighted by atomic mass is 10.1. The molecule has 0 saturated carbocycles. The van der Waals surface area contributed by atoms with E-state index in [1.807, 2.05) is 13.0 Å². The van der Waals surface area contributed by atoms with Crippen molar-refractivity contribution in [3.8, 4) is 17.6 Å². The highest BCUT2D eigenvalue weighted by Crippen LogP contribution is 2.30. The molecule has 0 unspecified atom stereocenters. The molecule has 19 heavy (non-hydrogen) atoms. The number of nitriles is 1. The van der Waals surface area contributed by atoms with E-state index in [0.717, 1.165) is 11.1 Å². The van der Waals surface area contributed by atoms with Crippen LogP contribution in [0.5, 0.6) is 11.5 Å². The number of ether oxygens (including phenoxy) is 1. The minimum Gasteiger partial charge on any atom is -0.453 e. The highest BCUT2D eigenvalue weighted by Gasteiger charge is 2.10. The van der Waals surface area contributed by atoms with E-state index in [4.69, 9.17) is 15.7 Å². The largest absolute Gasteiger partial charge is 0.453 e. The fraction of sp³-hybridized carbons (Fsp3) is 0.133. The van der Waals surface area contributed by atoms with E-state index < -0.39 is 5.82 Å². The van der Waals surface area contributed by atoms with Gasteiger partial charge in [0.15, 0.2) is 11.6 Å². The maximum absolute atomic E-state index is 13.7. The summed E-state index contributed by atoms with van der Waals surface area (Å²) in [4.78, 5) is 0. The van der Waals surface area contributed by atoms with Crippen molar-refractivity contribution < 1.29 is 9.13 Å². The van der Waals surface area contributed by atoms with Gasteiger partial charge in [-0.1, -0.05) is 6.07 Å². The summed E-state index contributed by atoms with van der Waals surface area (Å²) in [6, 6.07) is 9.91. The second kappa shape index (κ2) is 4.99.